The van der Waals surface area contributed by atoms with Gasteiger partial charge in [-0.3, -0.25) is 4.68 Å². The van der Waals surface area contributed by atoms with Crippen LogP contribution >= 0.6 is 12.4 Å². The monoisotopic (exact) mass is 502 g/mol. The number of piperidine rings is 2. The Morgan fingerprint density at radius 2 is 1.83 bits per heavy atom. The van der Waals surface area contributed by atoms with Gasteiger partial charge in [0.05, 0.1) is 35.9 Å². The largest absolute Gasteiger partial charge is 0.476 e. The van der Waals surface area contributed by atoms with Gasteiger partial charge in [0.1, 0.15) is 0 Å². The van der Waals surface area contributed by atoms with E-state index >= 15 is 0 Å². The summed E-state index contributed by atoms with van der Waals surface area (Å²) in [7, 11) is 0. The van der Waals surface area contributed by atoms with Crippen molar-refractivity contribution in [1.82, 2.24) is 45.0 Å². The fraction of sp³-hybridized carbons (Fsp3) is 0.545. The summed E-state index contributed by atoms with van der Waals surface area (Å²) in [4.78, 5) is 21.8. The lowest BCUT2D eigenvalue weighted by Gasteiger charge is -2.31. The molecule has 0 amide bonds. The van der Waals surface area contributed by atoms with E-state index in [-0.39, 0.29) is 23.9 Å². The Balaban J connectivity index is 0.00000289. The van der Waals surface area contributed by atoms with E-state index in [0.29, 0.717) is 17.8 Å². The molecule has 3 aromatic heterocycles. The molecule has 5 heterocycles. The van der Waals surface area contributed by atoms with E-state index in [0.717, 1.165) is 76.1 Å². The van der Waals surface area contributed by atoms with Crippen molar-refractivity contribution in [3.8, 4) is 11.3 Å². The van der Waals surface area contributed by atoms with Gasteiger partial charge in [-0.1, -0.05) is 5.21 Å². The van der Waals surface area contributed by atoms with Crippen molar-refractivity contribution in [1.29, 1.82) is 0 Å². The Kier molecular flexibility index (Phi) is 7.93. The Hall–Kier alpha value is -3.09. The average molecular weight is 503 g/mol. The predicted octanol–water partition coefficient (Wildman–Crippen LogP) is 1.44. The minimum atomic E-state index is -1.19. The number of rotatable bonds is 7. The summed E-state index contributed by atoms with van der Waals surface area (Å²) in [6, 6.07) is 0.763. The first-order chi connectivity index (χ1) is 16.6. The van der Waals surface area contributed by atoms with Crippen molar-refractivity contribution < 1.29 is 9.90 Å². The normalized spacial score (nSPS) is 17.8. The third-order valence-electron chi connectivity index (χ3n) is 6.76. The van der Waals surface area contributed by atoms with Crippen LogP contribution in [0.2, 0.25) is 0 Å². The zero-order chi connectivity index (χ0) is 23.5. The average Bonchev–Trinajstić information content (AvgIpc) is 3.54. The molecule has 0 aromatic carbocycles. The molecular formula is C22H31ClN10O2. The van der Waals surface area contributed by atoms with Gasteiger partial charge in [-0.15, -0.1) is 17.5 Å². The highest BCUT2D eigenvalue weighted by Crippen LogP contribution is 2.25. The van der Waals surface area contributed by atoms with Crippen molar-refractivity contribution >= 4 is 24.2 Å². The smallest absolute Gasteiger partial charge is 0.358 e. The van der Waals surface area contributed by atoms with Crippen LogP contribution in [-0.2, 0) is 6.42 Å². The number of carboxylic acid groups (broad SMARTS) is 1. The lowest BCUT2D eigenvalue weighted by atomic mass is 10.0. The number of aromatic nitrogens is 7. The SMILES string of the molecule is Cl.Nc1ncc(-c2cnn(C3CCN(CCc4cn(C5CCNCC5)nn4)CC3)c2)nc1C(=O)O. The minimum Gasteiger partial charge on any atom is -0.476 e. The zero-order valence-corrected chi connectivity index (χ0v) is 20.3. The van der Waals surface area contributed by atoms with Crippen molar-refractivity contribution in [2.75, 3.05) is 38.5 Å². The number of nitrogens with two attached hydrogens (primary N) is 1. The van der Waals surface area contributed by atoms with Gasteiger partial charge in [-0.25, -0.2) is 19.4 Å². The van der Waals surface area contributed by atoms with Gasteiger partial charge in [0, 0.05) is 44.0 Å². The van der Waals surface area contributed by atoms with Gasteiger partial charge in [0.15, 0.2) is 11.5 Å². The summed E-state index contributed by atoms with van der Waals surface area (Å²) in [5.74, 6) is -1.29. The summed E-state index contributed by atoms with van der Waals surface area (Å²) >= 11 is 0. The fourth-order valence-corrected chi connectivity index (χ4v) is 4.72. The van der Waals surface area contributed by atoms with Crippen LogP contribution < -0.4 is 11.1 Å². The van der Waals surface area contributed by atoms with Gasteiger partial charge in [0.2, 0.25) is 0 Å². The van der Waals surface area contributed by atoms with Crippen LogP contribution in [0.4, 0.5) is 5.82 Å². The molecule has 0 spiro atoms. The van der Waals surface area contributed by atoms with Gasteiger partial charge in [-0.2, -0.15) is 5.10 Å². The van der Waals surface area contributed by atoms with E-state index in [2.05, 4.69) is 41.8 Å². The highest BCUT2D eigenvalue weighted by molar-refractivity contribution is 5.90. The van der Waals surface area contributed by atoms with E-state index in [1.807, 2.05) is 15.6 Å². The van der Waals surface area contributed by atoms with Gasteiger partial charge in [-0.05, 0) is 38.8 Å². The highest BCUT2D eigenvalue weighted by Gasteiger charge is 2.23. The quantitative estimate of drug-likeness (QED) is 0.432. The van der Waals surface area contributed by atoms with Crippen LogP contribution in [-0.4, -0.2) is 83.4 Å². The first-order valence-corrected chi connectivity index (χ1v) is 11.8. The molecule has 35 heavy (non-hydrogen) atoms. The van der Waals surface area contributed by atoms with Gasteiger partial charge < -0.3 is 21.1 Å². The molecule has 4 N–H and O–H groups in total. The number of nitrogen functional groups attached to an aromatic ring is 1. The Morgan fingerprint density at radius 1 is 1.09 bits per heavy atom. The number of halogens is 1. The highest BCUT2D eigenvalue weighted by atomic mass is 35.5. The molecule has 0 saturated carbocycles. The van der Waals surface area contributed by atoms with Gasteiger partial charge >= 0.3 is 5.97 Å². The second kappa shape index (κ2) is 11.1. The number of hydrogen-bond acceptors (Lipinski definition) is 9. The zero-order valence-electron chi connectivity index (χ0n) is 19.5. The molecule has 0 unspecified atom stereocenters. The fourth-order valence-electron chi connectivity index (χ4n) is 4.72. The second-order valence-corrected chi connectivity index (χ2v) is 9.00. The number of anilines is 1. The molecule has 0 aliphatic carbocycles. The van der Waals surface area contributed by atoms with Crippen molar-refractivity contribution in [3.63, 3.8) is 0 Å². The minimum absolute atomic E-state index is 0. The third kappa shape index (κ3) is 5.77. The molecule has 188 valence electrons. The maximum atomic E-state index is 11.3. The number of likely N-dealkylation sites (tertiary alicyclic amines) is 1. The van der Waals surface area contributed by atoms with E-state index in [4.69, 9.17) is 5.73 Å². The van der Waals surface area contributed by atoms with Crippen LogP contribution in [0, 0.1) is 0 Å². The second-order valence-electron chi connectivity index (χ2n) is 9.00. The molecule has 2 aliphatic heterocycles. The molecule has 12 nitrogen and oxygen atoms in total. The topological polar surface area (TPSA) is 153 Å². The first kappa shape index (κ1) is 25.0. The van der Waals surface area contributed by atoms with Crippen LogP contribution in [0.25, 0.3) is 11.3 Å². The molecule has 13 heteroatoms. The number of carbonyl (C=O) groups is 1. The van der Waals surface area contributed by atoms with E-state index in [1.165, 1.54) is 6.20 Å². The van der Waals surface area contributed by atoms with Crippen molar-refractivity contribution in [2.45, 2.75) is 44.2 Å². The van der Waals surface area contributed by atoms with Crippen LogP contribution in [0.5, 0.6) is 0 Å². The van der Waals surface area contributed by atoms with Crippen molar-refractivity contribution in [3.05, 3.63) is 36.2 Å². The number of carboxylic acids is 1. The maximum absolute atomic E-state index is 11.3. The van der Waals surface area contributed by atoms with Crippen LogP contribution in [0.3, 0.4) is 0 Å². The Labute approximate surface area is 209 Å². The molecule has 2 aliphatic rings. The third-order valence-corrected chi connectivity index (χ3v) is 6.76. The van der Waals surface area contributed by atoms with Crippen LogP contribution in [0.1, 0.15) is 53.9 Å². The van der Waals surface area contributed by atoms with E-state index in [1.54, 1.807) is 6.20 Å². The molecule has 5 rings (SSSR count). The molecule has 0 bridgehead atoms. The Morgan fingerprint density at radius 3 is 2.57 bits per heavy atom. The number of aromatic carboxylic acids is 1. The Bertz CT molecular complexity index is 1130. The predicted molar refractivity (Wildman–Crippen MR) is 131 cm³/mol. The molecule has 0 atom stereocenters. The van der Waals surface area contributed by atoms with Crippen molar-refractivity contribution in [2.24, 2.45) is 0 Å². The summed E-state index contributed by atoms with van der Waals surface area (Å²) < 4.78 is 4.00. The number of nitrogens with zero attached hydrogens (tertiary/aromatic N) is 8. The molecule has 0 radical (unpaired) electrons. The molecule has 3 aromatic rings. The first-order valence-electron chi connectivity index (χ1n) is 11.8. The van der Waals surface area contributed by atoms with Crippen LogP contribution in [0.15, 0.2) is 24.8 Å². The molecular weight excluding hydrogens is 472 g/mol. The maximum Gasteiger partial charge on any atom is 0.358 e. The summed E-state index contributed by atoms with van der Waals surface area (Å²) in [6.45, 7) is 5.05. The van der Waals surface area contributed by atoms with E-state index in [9.17, 15) is 9.90 Å². The number of hydrogen-bond donors (Lipinski definition) is 3. The summed E-state index contributed by atoms with van der Waals surface area (Å²) in [6.07, 6.45) is 12.3. The number of nitrogens with one attached hydrogen (secondary N) is 1. The molecule has 2 fully saturated rings. The molecule has 2 saturated heterocycles. The summed E-state index contributed by atoms with van der Waals surface area (Å²) in [5.41, 5.74) is 7.61. The summed E-state index contributed by atoms with van der Waals surface area (Å²) in [5, 5.41) is 25.9. The van der Waals surface area contributed by atoms with E-state index < -0.39 is 5.97 Å². The standard InChI is InChI=1S/C22H30N10O2.ClH/c23-21-20(22(33)34)27-19(12-25-21)15-11-26-31(13-15)18-4-9-30(10-5-18)8-3-16-14-32(29-28-16)17-1-6-24-7-2-17;/h11-14,17-18,24H,1-10H2,(H2,23,25)(H,33,34);1H. The van der Waals surface area contributed by atoms with Gasteiger partial charge in [0.25, 0.3) is 0 Å². The lowest BCUT2D eigenvalue weighted by Crippen LogP contribution is -2.36. The lowest BCUT2D eigenvalue weighted by molar-refractivity contribution is 0.0691.